The first-order valence-corrected chi connectivity index (χ1v) is 10.7. The largest absolute Gasteiger partial charge is 0.326 e. The van der Waals surface area contributed by atoms with Crippen LogP contribution in [0.1, 0.15) is 59.3 Å². The molecule has 0 aliphatic heterocycles. The number of terminal acetylenes is 1. The van der Waals surface area contributed by atoms with Crippen LogP contribution in [0.5, 0.6) is 0 Å². The van der Waals surface area contributed by atoms with E-state index in [4.69, 9.17) is 6.42 Å². The van der Waals surface area contributed by atoms with Crippen LogP contribution in [-0.4, -0.2) is 36.2 Å². The molecule has 0 aromatic rings. The lowest BCUT2D eigenvalue weighted by Crippen LogP contribution is -2.52. The first-order valence-electron chi connectivity index (χ1n) is 10.7. The lowest BCUT2D eigenvalue weighted by molar-refractivity contribution is -0.148. The zero-order valence-electron chi connectivity index (χ0n) is 18.0. The molecule has 3 rings (SSSR count). The predicted molar refractivity (Wildman–Crippen MR) is 113 cm³/mol. The number of carbonyl (C=O) groups is 3. The second-order valence-electron chi connectivity index (χ2n) is 9.98. The van der Waals surface area contributed by atoms with Crippen LogP contribution in [-0.2, 0) is 14.4 Å². The van der Waals surface area contributed by atoms with Gasteiger partial charge in [0.25, 0.3) is 0 Å². The van der Waals surface area contributed by atoms with Gasteiger partial charge in [0.05, 0.1) is 11.5 Å². The number of hydrogen-bond acceptors (Lipinski definition) is 4. The van der Waals surface area contributed by atoms with Gasteiger partial charge in [0.2, 0.25) is 5.91 Å². The zero-order chi connectivity index (χ0) is 22.1. The van der Waals surface area contributed by atoms with Crippen molar-refractivity contribution in [1.29, 1.82) is 0 Å². The topological polar surface area (TPSA) is 75.3 Å². The number of carbonyl (C=O) groups excluding carboxylic acids is 3. The molecule has 3 unspecified atom stereocenters. The van der Waals surface area contributed by atoms with E-state index in [-0.39, 0.29) is 41.6 Å². The van der Waals surface area contributed by atoms with Gasteiger partial charge in [-0.3, -0.25) is 14.4 Å². The molecule has 2 fully saturated rings. The Kier molecular flexibility index (Phi) is 6.33. The van der Waals surface area contributed by atoms with Gasteiger partial charge in [-0.25, -0.2) is 4.39 Å². The fourth-order valence-electron chi connectivity index (χ4n) is 4.58. The van der Waals surface area contributed by atoms with E-state index in [2.05, 4.69) is 37.3 Å². The zero-order valence-corrected chi connectivity index (χ0v) is 18.0. The molecule has 1 amide bonds. The number of rotatable bonds is 5. The number of Topliss-reactive ketones (excluding diaryl/α,β-unsaturated/α-hetero) is 2. The Balaban J connectivity index is 1.71. The highest BCUT2D eigenvalue weighted by atomic mass is 19.1. The summed E-state index contributed by atoms with van der Waals surface area (Å²) in [6.45, 7) is 6.76. The van der Waals surface area contributed by atoms with E-state index in [9.17, 15) is 18.8 Å². The Bertz CT molecular complexity index is 839. The molecule has 0 bridgehead atoms. The molecule has 162 valence electrons. The maximum absolute atomic E-state index is 14.9. The molecule has 2 saturated carbocycles. The summed E-state index contributed by atoms with van der Waals surface area (Å²) in [6, 6.07) is -0.616. The lowest BCUT2D eigenvalue weighted by atomic mass is 9.57. The van der Waals surface area contributed by atoms with E-state index in [1.165, 1.54) is 6.08 Å². The second kappa shape index (κ2) is 8.47. The number of alkyl halides is 1. The summed E-state index contributed by atoms with van der Waals surface area (Å²) in [7, 11) is 0. The molecule has 0 aromatic carbocycles. The van der Waals surface area contributed by atoms with Gasteiger partial charge in [-0.2, -0.15) is 0 Å². The molecule has 5 nitrogen and oxygen atoms in total. The van der Waals surface area contributed by atoms with Gasteiger partial charge in [-0.05, 0) is 42.7 Å². The summed E-state index contributed by atoms with van der Waals surface area (Å²) in [5, 5.41) is 6.05. The summed E-state index contributed by atoms with van der Waals surface area (Å²) in [4.78, 5) is 36.7. The predicted octanol–water partition coefficient (Wildman–Crippen LogP) is 3.01. The minimum atomic E-state index is -1.36. The van der Waals surface area contributed by atoms with Crippen molar-refractivity contribution in [3.05, 3.63) is 23.4 Å². The maximum atomic E-state index is 14.9. The monoisotopic (exact) mass is 414 g/mol. The van der Waals surface area contributed by atoms with Crippen molar-refractivity contribution in [3.8, 4) is 12.3 Å². The van der Waals surface area contributed by atoms with E-state index >= 15 is 0 Å². The number of hydrogen-bond donors (Lipinski definition) is 2. The van der Waals surface area contributed by atoms with Crippen LogP contribution in [0.15, 0.2) is 23.4 Å². The van der Waals surface area contributed by atoms with Crippen molar-refractivity contribution in [2.45, 2.75) is 71.5 Å². The third-order valence-electron chi connectivity index (χ3n) is 6.52. The average molecular weight is 415 g/mol. The van der Waals surface area contributed by atoms with Gasteiger partial charge in [-0.15, -0.1) is 6.42 Å². The highest BCUT2D eigenvalue weighted by Crippen LogP contribution is 2.51. The summed E-state index contributed by atoms with van der Waals surface area (Å²) in [5.41, 5.74) is 0.144. The highest BCUT2D eigenvalue weighted by Gasteiger charge is 2.52. The van der Waals surface area contributed by atoms with Crippen molar-refractivity contribution in [2.75, 3.05) is 6.54 Å². The van der Waals surface area contributed by atoms with Crippen LogP contribution < -0.4 is 10.6 Å². The van der Waals surface area contributed by atoms with Crippen LogP contribution >= 0.6 is 0 Å². The van der Waals surface area contributed by atoms with Crippen molar-refractivity contribution in [3.63, 3.8) is 0 Å². The van der Waals surface area contributed by atoms with Crippen molar-refractivity contribution in [2.24, 2.45) is 16.7 Å². The molecule has 0 saturated heterocycles. The summed E-state index contributed by atoms with van der Waals surface area (Å²) >= 11 is 0. The fraction of sp³-hybridized carbons (Fsp3) is 0.625. The maximum Gasteiger partial charge on any atom is 0.230 e. The number of amides is 1. The number of allylic oxidation sites excluding steroid dienone is 1. The van der Waals surface area contributed by atoms with Gasteiger partial charge in [-0.1, -0.05) is 33.1 Å². The first kappa shape index (κ1) is 22.4. The molecule has 2 N–H and O–H groups in total. The van der Waals surface area contributed by atoms with Crippen molar-refractivity contribution in [1.82, 2.24) is 10.6 Å². The van der Waals surface area contributed by atoms with Crippen LogP contribution in [0.4, 0.5) is 4.39 Å². The quantitative estimate of drug-likeness (QED) is 0.536. The van der Waals surface area contributed by atoms with Gasteiger partial charge >= 0.3 is 0 Å². The fourth-order valence-corrected chi connectivity index (χ4v) is 4.58. The van der Waals surface area contributed by atoms with Gasteiger partial charge in [0, 0.05) is 30.7 Å². The normalized spacial score (nSPS) is 28.7. The Morgan fingerprint density at radius 2 is 2.00 bits per heavy atom. The molecule has 30 heavy (non-hydrogen) atoms. The molecule has 0 radical (unpaired) electrons. The van der Waals surface area contributed by atoms with Gasteiger partial charge < -0.3 is 10.6 Å². The van der Waals surface area contributed by atoms with Gasteiger partial charge in [0.15, 0.2) is 11.6 Å². The molecule has 0 spiro atoms. The van der Waals surface area contributed by atoms with Gasteiger partial charge in [0.1, 0.15) is 6.17 Å². The number of ketones is 2. The van der Waals surface area contributed by atoms with E-state index in [0.717, 1.165) is 6.42 Å². The third-order valence-corrected chi connectivity index (χ3v) is 6.52. The number of halogens is 1. The third kappa shape index (κ3) is 4.57. The molecule has 3 aliphatic carbocycles. The highest BCUT2D eigenvalue weighted by molar-refractivity contribution is 6.37. The molecule has 3 atom stereocenters. The number of nitrogens with one attached hydrogen (secondary N) is 2. The Morgan fingerprint density at radius 3 is 2.53 bits per heavy atom. The summed E-state index contributed by atoms with van der Waals surface area (Å²) in [5.74, 6) is 1.49. The minimum absolute atomic E-state index is 0.0208. The van der Waals surface area contributed by atoms with E-state index in [0.29, 0.717) is 37.1 Å². The van der Waals surface area contributed by atoms with Crippen molar-refractivity contribution >= 4 is 17.5 Å². The van der Waals surface area contributed by atoms with E-state index < -0.39 is 17.6 Å². The molecule has 0 heterocycles. The first-order chi connectivity index (χ1) is 14.1. The SMILES string of the molecule is C#CC1=CC(NC(=O)C2(C3CCC(=O)C(=O)C3)CCC2)=CC(F)C1NCC(C)(C)C. The Morgan fingerprint density at radius 1 is 1.30 bits per heavy atom. The summed E-state index contributed by atoms with van der Waals surface area (Å²) in [6.07, 6.45) is 10.4. The second-order valence-corrected chi connectivity index (χ2v) is 9.98. The molecule has 6 heteroatoms. The molecular formula is C24H31FN2O3. The summed E-state index contributed by atoms with van der Waals surface area (Å²) < 4.78 is 14.9. The molecule has 3 aliphatic rings. The minimum Gasteiger partial charge on any atom is -0.326 e. The lowest BCUT2D eigenvalue weighted by Gasteiger charge is -2.47. The van der Waals surface area contributed by atoms with Crippen LogP contribution in [0.25, 0.3) is 0 Å². The van der Waals surface area contributed by atoms with Crippen molar-refractivity contribution < 1.29 is 18.8 Å². The van der Waals surface area contributed by atoms with Crippen LogP contribution in [0.2, 0.25) is 0 Å². The Hall–Kier alpha value is -2.26. The smallest absolute Gasteiger partial charge is 0.230 e. The standard InChI is InChI=1S/C24H31FN2O3/c1-5-15-11-17(13-18(25)21(15)26-14-23(2,3)4)27-22(30)24(9-6-10-24)16-7-8-19(28)20(29)12-16/h1,11,13,16,18,21,26H,6-10,12,14H2,2-4H3,(H,27,30). The average Bonchev–Trinajstić information content (AvgIpc) is 2.61. The molecular weight excluding hydrogens is 383 g/mol. The van der Waals surface area contributed by atoms with E-state index in [1.807, 2.05) is 0 Å². The Labute approximate surface area is 177 Å². The molecule has 0 aromatic heterocycles. The van der Waals surface area contributed by atoms with E-state index in [1.54, 1.807) is 6.08 Å². The van der Waals surface area contributed by atoms with Crippen LogP contribution in [0.3, 0.4) is 0 Å². The van der Waals surface area contributed by atoms with Crippen LogP contribution in [0, 0.1) is 29.1 Å².